The first-order chi connectivity index (χ1) is 11.2. The van der Waals surface area contributed by atoms with Gasteiger partial charge in [-0.3, -0.25) is 0 Å². The smallest absolute Gasteiger partial charge is 0.320 e. The molecule has 2 aromatic rings. The van der Waals surface area contributed by atoms with Crippen LogP contribution in [-0.4, -0.2) is 24.0 Å². The fraction of sp³-hybridized carbons (Fsp3) is 0.158. The van der Waals surface area contributed by atoms with E-state index in [2.05, 4.69) is 18.0 Å². The Morgan fingerprint density at radius 3 is 2.57 bits per heavy atom. The first-order valence-corrected chi connectivity index (χ1v) is 7.44. The largest absolute Gasteiger partial charge is 0.322 e. The zero-order valence-corrected chi connectivity index (χ0v) is 12.9. The maximum Gasteiger partial charge on any atom is 0.322 e. The van der Waals surface area contributed by atoms with Crippen LogP contribution in [0.4, 0.5) is 10.5 Å². The van der Waals surface area contributed by atoms with Gasteiger partial charge < -0.3 is 10.2 Å². The van der Waals surface area contributed by atoms with Crippen LogP contribution >= 0.6 is 0 Å². The van der Waals surface area contributed by atoms with Crippen molar-refractivity contribution in [1.29, 1.82) is 5.26 Å². The number of rotatable bonds is 6. The van der Waals surface area contributed by atoms with Crippen LogP contribution in [0.3, 0.4) is 0 Å². The Labute approximate surface area is 136 Å². The lowest BCUT2D eigenvalue weighted by Crippen LogP contribution is -2.36. The van der Waals surface area contributed by atoms with Crippen LogP contribution in [0, 0.1) is 11.3 Å². The highest BCUT2D eigenvalue weighted by atomic mass is 16.2. The third kappa shape index (κ3) is 4.72. The van der Waals surface area contributed by atoms with Gasteiger partial charge in [0.05, 0.1) is 11.3 Å². The van der Waals surface area contributed by atoms with Crippen LogP contribution in [0.1, 0.15) is 11.1 Å². The summed E-state index contributed by atoms with van der Waals surface area (Å²) in [5.41, 5.74) is 2.14. The van der Waals surface area contributed by atoms with Crippen molar-refractivity contribution in [3.63, 3.8) is 0 Å². The van der Waals surface area contributed by atoms with Gasteiger partial charge in [0.15, 0.2) is 0 Å². The third-order valence-electron chi connectivity index (χ3n) is 3.44. The minimum absolute atomic E-state index is 0.233. The van der Waals surface area contributed by atoms with Gasteiger partial charge in [-0.15, -0.1) is 6.58 Å². The molecule has 0 bridgehead atoms. The number of benzene rings is 2. The Hall–Kier alpha value is -3.06. The van der Waals surface area contributed by atoms with Crippen LogP contribution in [-0.2, 0) is 6.42 Å². The Kier molecular flexibility index (Phi) is 5.96. The Morgan fingerprint density at radius 2 is 1.87 bits per heavy atom. The zero-order valence-electron chi connectivity index (χ0n) is 12.9. The second-order valence-electron chi connectivity index (χ2n) is 5.06. The fourth-order valence-electron chi connectivity index (χ4n) is 2.22. The van der Waals surface area contributed by atoms with E-state index in [1.54, 1.807) is 35.2 Å². The number of para-hydroxylation sites is 1. The van der Waals surface area contributed by atoms with Crippen molar-refractivity contribution in [3.05, 3.63) is 78.4 Å². The normalized spacial score (nSPS) is 9.70. The fourth-order valence-corrected chi connectivity index (χ4v) is 2.22. The number of carbonyl (C=O) groups excluding carboxylic acids is 1. The maximum absolute atomic E-state index is 12.4. The molecular weight excluding hydrogens is 286 g/mol. The van der Waals surface area contributed by atoms with E-state index in [0.29, 0.717) is 24.3 Å². The van der Waals surface area contributed by atoms with Gasteiger partial charge in [-0.25, -0.2) is 4.79 Å². The highest BCUT2D eigenvalue weighted by molar-refractivity contribution is 5.90. The predicted molar refractivity (Wildman–Crippen MR) is 92.1 cm³/mol. The van der Waals surface area contributed by atoms with Gasteiger partial charge in [0.2, 0.25) is 0 Å². The van der Waals surface area contributed by atoms with Crippen molar-refractivity contribution in [2.75, 3.05) is 18.4 Å². The van der Waals surface area contributed by atoms with Crippen LogP contribution in [0.15, 0.2) is 67.3 Å². The van der Waals surface area contributed by atoms with Gasteiger partial charge in [-0.1, -0.05) is 48.5 Å². The summed E-state index contributed by atoms with van der Waals surface area (Å²) in [4.78, 5) is 14.1. The van der Waals surface area contributed by atoms with Gasteiger partial charge in [0.1, 0.15) is 6.07 Å². The number of nitrogens with zero attached hydrogens (tertiary/aromatic N) is 2. The molecule has 2 aromatic carbocycles. The van der Waals surface area contributed by atoms with Crippen molar-refractivity contribution in [2.24, 2.45) is 0 Å². The van der Waals surface area contributed by atoms with E-state index >= 15 is 0 Å². The first kappa shape index (κ1) is 16.3. The molecule has 0 aliphatic carbocycles. The molecule has 0 saturated carbocycles. The summed E-state index contributed by atoms with van der Waals surface area (Å²) in [5, 5.41) is 11.9. The number of anilines is 1. The van der Waals surface area contributed by atoms with E-state index < -0.39 is 0 Å². The van der Waals surface area contributed by atoms with Gasteiger partial charge >= 0.3 is 6.03 Å². The molecule has 1 N–H and O–H groups in total. The zero-order chi connectivity index (χ0) is 16.5. The molecule has 0 atom stereocenters. The van der Waals surface area contributed by atoms with Gasteiger partial charge in [-0.2, -0.15) is 5.26 Å². The second kappa shape index (κ2) is 8.40. The Balaban J connectivity index is 2.03. The van der Waals surface area contributed by atoms with E-state index in [1.807, 2.05) is 30.3 Å². The summed E-state index contributed by atoms with van der Waals surface area (Å²) in [5.74, 6) is 0. The van der Waals surface area contributed by atoms with Crippen LogP contribution in [0.2, 0.25) is 0 Å². The Morgan fingerprint density at radius 1 is 1.17 bits per heavy atom. The average Bonchev–Trinajstić information content (AvgIpc) is 2.60. The van der Waals surface area contributed by atoms with E-state index in [4.69, 9.17) is 5.26 Å². The molecule has 0 unspecified atom stereocenters. The summed E-state index contributed by atoms with van der Waals surface area (Å²) in [6, 6.07) is 18.8. The molecule has 23 heavy (non-hydrogen) atoms. The topological polar surface area (TPSA) is 56.1 Å². The van der Waals surface area contributed by atoms with Crippen molar-refractivity contribution in [1.82, 2.24) is 4.90 Å². The summed E-state index contributed by atoms with van der Waals surface area (Å²) in [6.45, 7) is 4.74. The van der Waals surface area contributed by atoms with Crippen molar-refractivity contribution in [3.8, 4) is 6.07 Å². The summed E-state index contributed by atoms with van der Waals surface area (Å²) in [7, 11) is 0. The lowest BCUT2D eigenvalue weighted by molar-refractivity contribution is 0.217. The van der Waals surface area contributed by atoms with Gasteiger partial charge in [0.25, 0.3) is 0 Å². The first-order valence-electron chi connectivity index (χ1n) is 7.44. The average molecular weight is 305 g/mol. The number of urea groups is 1. The standard InChI is InChI=1S/C19H19N3O/c1-2-13-22(14-12-16-8-4-3-5-9-16)19(23)21-18-11-7-6-10-17(18)15-20/h2-11H,1,12-14H2,(H,21,23). The summed E-state index contributed by atoms with van der Waals surface area (Å²) >= 11 is 0. The highest BCUT2D eigenvalue weighted by Crippen LogP contribution is 2.14. The SMILES string of the molecule is C=CCN(CCc1ccccc1)C(=O)Nc1ccccc1C#N. The van der Waals surface area contributed by atoms with Crippen LogP contribution < -0.4 is 5.32 Å². The van der Waals surface area contributed by atoms with Crippen molar-refractivity contribution in [2.45, 2.75) is 6.42 Å². The molecule has 2 rings (SSSR count). The van der Waals surface area contributed by atoms with Crippen LogP contribution in [0.5, 0.6) is 0 Å². The molecular formula is C19H19N3O. The molecule has 0 fully saturated rings. The maximum atomic E-state index is 12.4. The van der Waals surface area contributed by atoms with E-state index in [9.17, 15) is 4.79 Å². The number of nitrogens with one attached hydrogen (secondary N) is 1. The second-order valence-corrected chi connectivity index (χ2v) is 5.06. The summed E-state index contributed by atoms with van der Waals surface area (Å²) < 4.78 is 0. The minimum Gasteiger partial charge on any atom is -0.320 e. The quantitative estimate of drug-likeness (QED) is 0.825. The lowest BCUT2D eigenvalue weighted by atomic mass is 10.1. The molecule has 0 radical (unpaired) electrons. The molecule has 0 spiro atoms. The van der Waals surface area contributed by atoms with Crippen LogP contribution in [0.25, 0.3) is 0 Å². The number of nitriles is 1. The molecule has 2 amide bonds. The monoisotopic (exact) mass is 305 g/mol. The Bertz CT molecular complexity index is 704. The number of hydrogen-bond donors (Lipinski definition) is 1. The lowest BCUT2D eigenvalue weighted by Gasteiger charge is -2.22. The number of carbonyl (C=O) groups is 1. The molecule has 116 valence electrons. The van der Waals surface area contributed by atoms with E-state index in [1.165, 1.54) is 5.56 Å². The summed E-state index contributed by atoms with van der Waals surface area (Å²) in [6.07, 6.45) is 2.46. The molecule has 4 heteroatoms. The van der Waals surface area contributed by atoms with Crippen molar-refractivity contribution < 1.29 is 4.79 Å². The molecule has 0 aliphatic rings. The molecule has 0 heterocycles. The van der Waals surface area contributed by atoms with Gasteiger partial charge in [0, 0.05) is 13.1 Å². The van der Waals surface area contributed by atoms with E-state index in [0.717, 1.165) is 6.42 Å². The van der Waals surface area contributed by atoms with Crippen molar-refractivity contribution >= 4 is 11.7 Å². The minimum atomic E-state index is -0.233. The highest BCUT2D eigenvalue weighted by Gasteiger charge is 2.13. The number of hydrogen-bond acceptors (Lipinski definition) is 2. The van der Waals surface area contributed by atoms with Gasteiger partial charge in [-0.05, 0) is 24.1 Å². The number of amides is 2. The third-order valence-corrected chi connectivity index (χ3v) is 3.44. The van der Waals surface area contributed by atoms with E-state index in [-0.39, 0.29) is 6.03 Å². The predicted octanol–water partition coefficient (Wildman–Crippen LogP) is 3.82. The molecule has 0 aromatic heterocycles. The molecule has 0 aliphatic heterocycles. The molecule has 0 saturated heterocycles. The molecule has 4 nitrogen and oxygen atoms in total.